The number of nitrogens with zero attached hydrogens (tertiary/aromatic N) is 1. The molecule has 0 amide bonds. The molecule has 0 aliphatic heterocycles. The molecular formula is C71H47N. The lowest BCUT2D eigenvalue weighted by molar-refractivity contribution is 0.768. The van der Waals surface area contributed by atoms with Crippen molar-refractivity contribution in [1.82, 2.24) is 0 Å². The molecule has 1 heteroatoms. The molecule has 0 fully saturated rings. The molecule has 1 aliphatic carbocycles. The zero-order valence-electron chi connectivity index (χ0n) is 39.6. The van der Waals surface area contributed by atoms with Crippen LogP contribution in [0.25, 0.3) is 87.6 Å². The van der Waals surface area contributed by atoms with Gasteiger partial charge in [-0.05, 0) is 135 Å². The van der Waals surface area contributed by atoms with E-state index in [4.69, 9.17) is 0 Å². The van der Waals surface area contributed by atoms with Crippen LogP contribution in [0.5, 0.6) is 0 Å². The average Bonchev–Trinajstić information content (AvgIpc) is 3.77. The summed E-state index contributed by atoms with van der Waals surface area (Å²) in [6, 6.07) is 106. The fourth-order valence-corrected chi connectivity index (χ4v) is 12.2. The van der Waals surface area contributed by atoms with Crippen LogP contribution in [0.15, 0.2) is 285 Å². The van der Waals surface area contributed by atoms with Crippen LogP contribution in [0, 0.1) is 0 Å². The molecule has 0 spiro atoms. The minimum atomic E-state index is -0.544. The molecule has 0 saturated heterocycles. The average molecular weight is 914 g/mol. The normalized spacial score (nSPS) is 12.6. The second-order valence-electron chi connectivity index (χ2n) is 19.1. The summed E-state index contributed by atoms with van der Waals surface area (Å²) in [5.41, 5.74) is 17.4. The van der Waals surface area contributed by atoms with Crippen molar-refractivity contribution < 1.29 is 0 Å². The Morgan fingerprint density at radius 3 is 1.43 bits per heavy atom. The third kappa shape index (κ3) is 6.48. The van der Waals surface area contributed by atoms with Gasteiger partial charge < -0.3 is 4.90 Å². The summed E-state index contributed by atoms with van der Waals surface area (Å²) in [4.78, 5) is 2.52. The molecule has 72 heavy (non-hydrogen) atoms. The standard InChI is InChI=1S/C71H47N/c1-3-24-53(25-4-1)71(54-26-5-2-6-27-54)66-36-15-13-34-64(66)70-67(71)37-19-39-69(70)72(68-38-16-14-29-58(68)52-23-17-22-51(46-52)57-35-18-21-49-20-7-8-28-56(49)57)55-43-40-48(41-44-55)50-42-45-63-61-32-10-9-30-59(61)60-31-11-12-33-62(60)65(63)47-50/h1-47H. The molecule has 0 N–H and O–H groups in total. The van der Waals surface area contributed by atoms with Crippen molar-refractivity contribution in [3.05, 3.63) is 307 Å². The van der Waals surface area contributed by atoms with E-state index in [-0.39, 0.29) is 0 Å². The summed E-state index contributed by atoms with van der Waals surface area (Å²) in [6.07, 6.45) is 0. The molecule has 1 nitrogen and oxygen atoms in total. The van der Waals surface area contributed by atoms with Gasteiger partial charge in [-0.15, -0.1) is 0 Å². The van der Waals surface area contributed by atoms with Gasteiger partial charge in [-0.2, -0.15) is 0 Å². The quantitative estimate of drug-likeness (QED) is 0.137. The van der Waals surface area contributed by atoms with E-state index in [1.54, 1.807) is 0 Å². The van der Waals surface area contributed by atoms with Gasteiger partial charge in [-0.3, -0.25) is 0 Å². The van der Waals surface area contributed by atoms with Gasteiger partial charge in [0.15, 0.2) is 0 Å². The van der Waals surface area contributed by atoms with E-state index in [9.17, 15) is 0 Å². The lowest BCUT2D eigenvalue weighted by atomic mass is 9.68. The van der Waals surface area contributed by atoms with Crippen molar-refractivity contribution in [3.8, 4) is 44.5 Å². The minimum absolute atomic E-state index is 0.544. The topological polar surface area (TPSA) is 3.24 Å². The first-order valence-electron chi connectivity index (χ1n) is 25.0. The molecule has 0 radical (unpaired) electrons. The number of fused-ring (bicyclic) bond motifs is 10. The molecule has 0 heterocycles. The second kappa shape index (κ2) is 17.0. The molecule has 336 valence electrons. The maximum atomic E-state index is 2.52. The highest BCUT2D eigenvalue weighted by Gasteiger charge is 2.47. The fourth-order valence-electron chi connectivity index (χ4n) is 12.2. The van der Waals surface area contributed by atoms with Gasteiger partial charge in [0.1, 0.15) is 0 Å². The van der Waals surface area contributed by atoms with Gasteiger partial charge in [0, 0.05) is 16.8 Å². The van der Waals surface area contributed by atoms with E-state index in [0.29, 0.717) is 0 Å². The van der Waals surface area contributed by atoms with Crippen LogP contribution in [0.4, 0.5) is 17.1 Å². The van der Waals surface area contributed by atoms with E-state index < -0.39 is 5.41 Å². The third-order valence-corrected chi connectivity index (χ3v) is 15.3. The van der Waals surface area contributed by atoms with Gasteiger partial charge in [0.25, 0.3) is 0 Å². The maximum absolute atomic E-state index is 2.52. The van der Waals surface area contributed by atoms with E-state index in [1.165, 1.54) is 98.7 Å². The summed E-state index contributed by atoms with van der Waals surface area (Å²) in [6.45, 7) is 0. The summed E-state index contributed by atoms with van der Waals surface area (Å²) in [7, 11) is 0. The van der Waals surface area contributed by atoms with Crippen molar-refractivity contribution in [2.75, 3.05) is 4.90 Å². The summed E-state index contributed by atoms with van der Waals surface area (Å²) in [5.74, 6) is 0. The second-order valence-corrected chi connectivity index (χ2v) is 19.1. The molecule has 13 aromatic rings. The first-order valence-corrected chi connectivity index (χ1v) is 25.0. The Balaban J connectivity index is 0.990. The number of rotatable bonds is 8. The predicted molar refractivity (Wildman–Crippen MR) is 305 cm³/mol. The number of para-hydroxylation sites is 1. The monoisotopic (exact) mass is 913 g/mol. The van der Waals surface area contributed by atoms with E-state index in [2.05, 4.69) is 290 Å². The summed E-state index contributed by atoms with van der Waals surface area (Å²) < 4.78 is 0. The first-order chi connectivity index (χ1) is 35.7. The van der Waals surface area contributed by atoms with Gasteiger partial charge >= 0.3 is 0 Å². The molecule has 1 aliphatic rings. The zero-order chi connectivity index (χ0) is 47.6. The van der Waals surface area contributed by atoms with Crippen LogP contribution in [0.1, 0.15) is 22.3 Å². The zero-order valence-corrected chi connectivity index (χ0v) is 39.6. The summed E-state index contributed by atoms with van der Waals surface area (Å²) in [5, 5.41) is 10.2. The van der Waals surface area contributed by atoms with Crippen LogP contribution in [-0.4, -0.2) is 0 Å². The number of anilines is 3. The van der Waals surface area contributed by atoms with Gasteiger partial charge in [-0.25, -0.2) is 0 Å². The highest BCUT2D eigenvalue weighted by Crippen LogP contribution is 2.60. The summed E-state index contributed by atoms with van der Waals surface area (Å²) >= 11 is 0. The Bertz CT molecular complexity index is 4130. The van der Waals surface area contributed by atoms with Crippen LogP contribution >= 0.6 is 0 Å². The molecule has 14 rings (SSSR count). The Morgan fingerprint density at radius 2 is 0.722 bits per heavy atom. The predicted octanol–water partition coefficient (Wildman–Crippen LogP) is 19.1. The highest BCUT2D eigenvalue weighted by atomic mass is 15.1. The third-order valence-electron chi connectivity index (χ3n) is 15.3. The Morgan fingerprint density at radius 1 is 0.250 bits per heavy atom. The molecule has 0 bridgehead atoms. The fraction of sp³-hybridized carbons (Fsp3) is 0.0141. The Hall–Kier alpha value is -9.30. The van der Waals surface area contributed by atoms with E-state index in [0.717, 1.165) is 28.2 Å². The maximum Gasteiger partial charge on any atom is 0.0714 e. The van der Waals surface area contributed by atoms with Crippen molar-refractivity contribution in [2.24, 2.45) is 0 Å². The molecule has 0 saturated carbocycles. The van der Waals surface area contributed by atoms with Crippen LogP contribution in [-0.2, 0) is 5.41 Å². The van der Waals surface area contributed by atoms with Crippen molar-refractivity contribution in [3.63, 3.8) is 0 Å². The lowest BCUT2D eigenvalue weighted by Gasteiger charge is -2.34. The van der Waals surface area contributed by atoms with Gasteiger partial charge in [0.05, 0.1) is 16.8 Å². The van der Waals surface area contributed by atoms with E-state index >= 15 is 0 Å². The van der Waals surface area contributed by atoms with E-state index in [1.807, 2.05) is 0 Å². The smallest absolute Gasteiger partial charge is 0.0714 e. The van der Waals surface area contributed by atoms with Gasteiger partial charge in [-0.1, -0.05) is 249 Å². The van der Waals surface area contributed by atoms with Crippen LogP contribution < -0.4 is 4.90 Å². The number of hydrogen-bond donors (Lipinski definition) is 0. The number of hydrogen-bond acceptors (Lipinski definition) is 1. The van der Waals surface area contributed by atoms with Crippen molar-refractivity contribution >= 4 is 60.2 Å². The Labute approximate surface area is 420 Å². The van der Waals surface area contributed by atoms with Crippen LogP contribution in [0.2, 0.25) is 0 Å². The molecule has 0 atom stereocenters. The van der Waals surface area contributed by atoms with Gasteiger partial charge in [0.2, 0.25) is 0 Å². The Kier molecular flexibility index (Phi) is 9.82. The minimum Gasteiger partial charge on any atom is -0.309 e. The first kappa shape index (κ1) is 41.7. The lowest BCUT2D eigenvalue weighted by Crippen LogP contribution is -2.28. The highest BCUT2D eigenvalue weighted by molar-refractivity contribution is 6.25. The van der Waals surface area contributed by atoms with Crippen molar-refractivity contribution in [2.45, 2.75) is 5.41 Å². The molecule has 0 unspecified atom stereocenters. The van der Waals surface area contributed by atoms with Crippen LogP contribution in [0.3, 0.4) is 0 Å². The molecule has 0 aromatic heterocycles. The molecule has 13 aromatic carbocycles. The number of benzene rings is 13. The largest absolute Gasteiger partial charge is 0.309 e. The molecular weight excluding hydrogens is 867 g/mol. The van der Waals surface area contributed by atoms with Crippen molar-refractivity contribution in [1.29, 1.82) is 0 Å². The SMILES string of the molecule is c1ccc(C2(c3ccccc3)c3ccccc3-c3c(N(c4ccc(-c5ccc6c7ccccc7c7ccccc7c6c5)cc4)c4ccccc4-c4cccc(-c5cccc6ccccc56)c4)cccc32)cc1.